The maximum Gasteiger partial charge on any atom is 0.397 e. The molecule has 0 aromatic carbocycles. The van der Waals surface area contributed by atoms with Crippen LogP contribution < -0.4 is 0 Å². The van der Waals surface area contributed by atoms with Crippen molar-refractivity contribution < 1.29 is 83.9 Å². The summed E-state index contributed by atoms with van der Waals surface area (Å²) in [5, 5.41) is 61.4. The van der Waals surface area contributed by atoms with E-state index in [4.69, 9.17) is 28.1 Å². The van der Waals surface area contributed by atoms with Gasteiger partial charge in [0.2, 0.25) is 0 Å². The second-order valence-corrected chi connectivity index (χ2v) is 17.5. The van der Waals surface area contributed by atoms with Gasteiger partial charge in [0.25, 0.3) is 0 Å². The van der Waals surface area contributed by atoms with Crippen LogP contribution in [-0.4, -0.2) is 144 Å². The van der Waals surface area contributed by atoms with E-state index in [1.165, 1.54) is 96.3 Å². The molecule has 2 aliphatic heterocycles. The molecule has 2 heterocycles. The normalized spacial score (nSPS) is 28.7. The molecule has 2 rings (SSSR count). The first kappa shape index (κ1) is 52.5. The first-order chi connectivity index (χ1) is 27.1. The van der Waals surface area contributed by atoms with Crippen molar-refractivity contribution in [3.63, 3.8) is 0 Å². The molecule has 0 saturated carbocycles. The summed E-state index contributed by atoms with van der Waals surface area (Å²) in [5.74, 6) is -0.534. The smallest absolute Gasteiger partial charge is 0.394 e. The maximum atomic E-state index is 11.4. The fraction of sp³-hybridized carbons (Fsp3) is 1.00. The molecule has 0 amide bonds. The number of rotatable bonds is 33. The highest BCUT2D eigenvalue weighted by molar-refractivity contribution is 7.81. The summed E-state index contributed by atoms with van der Waals surface area (Å²) in [6, 6.07) is 0. The highest BCUT2D eigenvalue weighted by atomic mass is 32.3. The van der Waals surface area contributed by atoms with Crippen molar-refractivity contribution in [2.24, 2.45) is 5.92 Å². The molecule has 10 atom stereocenters. The molecule has 2 fully saturated rings. The number of hydrogen-bond donors (Lipinski definition) is 8. The molecule has 0 aromatic heterocycles. The Kier molecular flexibility index (Phi) is 26.5. The van der Waals surface area contributed by atoms with Crippen LogP contribution in [-0.2, 0) is 48.1 Å². The van der Waals surface area contributed by atoms with Gasteiger partial charge in [-0.2, -0.15) is 16.8 Å². The van der Waals surface area contributed by atoms with E-state index < -0.39 is 101 Å². The summed E-state index contributed by atoms with van der Waals surface area (Å²) < 4.78 is 95.0. The van der Waals surface area contributed by atoms with Crippen LogP contribution in [0.25, 0.3) is 0 Å². The fourth-order valence-corrected chi connectivity index (χ4v) is 8.27. The Morgan fingerprint density at radius 2 is 0.789 bits per heavy atom. The minimum Gasteiger partial charge on any atom is -0.394 e. The molecule has 0 aliphatic carbocycles. The minimum atomic E-state index is -5.14. The molecule has 0 aromatic rings. The van der Waals surface area contributed by atoms with Crippen LogP contribution in [0.4, 0.5) is 0 Å². The van der Waals surface area contributed by atoms with Gasteiger partial charge in [0.1, 0.15) is 48.8 Å². The quantitative estimate of drug-likeness (QED) is 0.0347. The van der Waals surface area contributed by atoms with Gasteiger partial charge in [-0.1, -0.05) is 135 Å². The third-order valence-corrected chi connectivity index (χ3v) is 11.5. The maximum absolute atomic E-state index is 11.4. The largest absolute Gasteiger partial charge is 0.397 e. The van der Waals surface area contributed by atoms with Gasteiger partial charge >= 0.3 is 20.8 Å². The molecule has 2 saturated heterocycles. The Morgan fingerprint density at radius 1 is 0.491 bits per heavy atom. The van der Waals surface area contributed by atoms with Gasteiger partial charge in [-0.3, -0.25) is 9.11 Å². The van der Waals surface area contributed by atoms with Crippen molar-refractivity contribution >= 4 is 20.8 Å². The summed E-state index contributed by atoms with van der Waals surface area (Å²) >= 11 is 0. The standard InChI is InChI=1S/C37H72O18S2/c1-2-3-4-5-6-7-8-9-10-11-12-13-14-15-16-17-18-19-20-21-22-27(25-50-36-32(42)34(54-56(44,45)46)30(40)28(23-38)52-36)26-51-37-33(43)35(55-57(47,48)49)31(41)29(24-39)53-37/h27-43H,2-26H2,1H3,(H,44,45,46)(H,47,48,49)/t28-,29-,30+,31+,32-,33-,34+,35+,36-,37-/m1/s1. The van der Waals surface area contributed by atoms with E-state index in [0.29, 0.717) is 12.8 Å². The molecule has 20 heteroatoms. The van der Waals surface area contributed by atoms with Crippen LogP contribution in [0, 0.1) is 5.92 Å². The first-order valence-electron chi connectivity index (χ1n) is 20.9. The summed E-state index contributed by atoms with van der Waals surface area (Å²) in [5.41, 5.74) is 0. The van der Waals surface area contributed by atoms with E-state index in [-0.39, 0.29) is 13.2 Å². The Bertz CT molecular complexity index is 1170. The highest BCUT2D eigenvalue weighted by Crippen LogP contribution is 2.29. The SMILES string of the molecule is CCCCCCCCCCCCCCCCCCCCCCC(CO[C@@H]1O[C@H](CO)[C@H](O)[C@H](OS(=O)(=O)O)[C@H]1O)CO[C@@H]1O[C@H](CO)[C@H](O)[C@H](OS(=O)(=O)O)[C@H]1O. The number of aliphatic hydroxyl groups is 6. The van der Waals surface area contributed by atoms with Crippen LogP contribution in [0.5, 0.6) is 0 Å². The zero-order chi connectivity index (χ0) is 42.3. The van der Waals surface area contributed by atoms with Crippen molar-refractivity contribution in [2.75, 3.05) is 26.4 Å². The number of aliphatic hydroxyl groups excluding tert-OH is 6. The number of unbranched alkanes of at least 4 members (excludes halogenated alkanes) is 19. The Labute approximate surface area is 339 Å². The molecule has 0 bridgehead atoms. The zero-order valence-electron chi connectivity index (χ0n) is 33.5. The summed E-state index contributed by atoms with van der Waals surface area (Å²) in [4.78, 5) is 0. The summed E-state index contributed by atoms with van der Waals surface area (Å²) in [7, 11) is -10.3. The average molecular weight is 869 g/mol. The van der Waals surface area contributed by atoms with Crippen LogP contribution in [0.2, 0.25) is 0 Å². The van der Waals surface area contributed by atoms with Crippen LogP contribution in [0.15, 0.2) is 0 Å². The van der Waals surface area contributed by atoms with Crippen molar-refractivity contribution in [3.8, 4) is 0 Å². The predicted molar refractivity (Wildman–Crippen MR) is 206 cm³/mol. The van der Waals surface area contributed by atoms with Crippen molar-refractivity contribution in [2.45, 2.75) is 203 Å². The molecule has 8 N–H and O–H groups in total. The van der Waals surface area contributed by atoms with E-state index in [1.54, 1.807) is 0 Å². The first-order valence-corrected chi connectivity index (χ1v) is 23.6. The third-order valence-electron chi connectivity index (χ3n) is 10.6. The van der Waals surface area contributed by atoms with Crippen LogP contribution in [0.1, 0.15) is 142 Å². The Morgan fingerprint density at radius 3 is 1.07 bits per heavy atom. The fourth-order valence-electron chi connectivity index (χ4n) is 7.25. The van der Waals surface area contributed by atoms with E-state index in [0.717, 1.165) is 25.7 Å². The average Bonchev–Trinajstić information content (AvgIpc) is 3.15. The van der Waals surface area contributed by atoms with Crippen molar-refractivity contribution in [1.82, 2.24) is 0 Å². The molecule has 0 unspecified atom stereocenters. The minimum absolute atomic E-state index is 0.229. The lowest BCUT2D eigenvalue weighted by atomic mass is 9.98. The van der Waals surface area contributed by atoms with Crippen LogP contribution >= 0.6 is 0 Å². The van der Waals surface area contributed by atoms with Crippen molar-refractivity contribution in [3.05, 3.63) is 0 Å². The Hall–Kier alpha value is -0.660. The zero-order valence-corrected chi connectivity index (χ0v) is 35.1. The second kappa shape index (κ2) is 28.8. The summed E-state index contributed by atoms with van der Waals surface area (Å²) in [6.45, 7) is 0.163. The highest BCUT2D eigenvalue weighted by Gasteiger charge is 2.49. The van der Waals surface area contributed by atoms with E-state index in [2.05, 4.69) is 15.3 Å². The van der Waals surface area contributed by atoms with Gasteiger partial charge in [0.15, 0.2) is 12.6 Å². The molecule has 0 radical (unpaired) electrons. The monoisotopic (exact) mass is 868 g/mol. The molecular formula is C37H72O18S2. The Balaban J connectivity index is 1.83. The van der Waals surface area contributed by atoms with Gasteiger partial charge in [-0.05, 0) is 6.42 Å². The van der Waals surface area contributed by atoms with Gasteiger partial charge in [0.05, 0.1) is 26.4 Å². The lowest BCUT2D eigenvalue weighted by molar-refractivity contribution is -0.308. The molecule has 18 nitrogen and oxygen atoms in total. The predicted octanol–water partition coefficient (Wildman–Crippen LogP) is 3.10. The van der Waals surface area contributed by atoms with E-state index in [1.807, 2.05) is 0 Å². The molecule has 2 aliphatic rings. The van der Waals surface area contributed by atoms with Gasteiger partial charge in [-0.15, -0.1) is 0 Å². The van der Waals surface area contributed by atoms with Gasteiger partial charge in [-0.25, -0.2) is 8.37 Å². The lowest BCUT2D eigenvalue weighted by Crippen LogP contribution is -2.61. The molecule has 57 heavy (non-hydrogen) atoms. The van der Waals surface area contributed by atoms with Crippen molar-refractivity contribution in [1.29, 1.82) is 0 Å². The number of ether oxygens (including phenoxy) is 4. The molecular weight excluding hydrogens is 797 g/mol. The molecule has 340 valence electrons. The molecule has 0 spiro atoms. The topological polar surface area (TPSA) is 285 Å². The van der Waals surface area contributed by atoms with E-state index >= 15 is 0 Å². The van der Waals surface area contributed by atoms with Gasteiger partial charge in [0, 0.05) is 5.92 Å². The number of hydrogen-bond acceptors (Lipinski definition) is 16. The van der Waals surface area contributed by atoms with Gasteiger partial charge < -0.3 is 49.6 Å². The lowest BCUT2D eigenvalue weighted by Gasteiger charge is -2.42. The second-order valence-electron chi connectivity index (χ2n) is 15.4. The third kappa shape index (κ3) is 21.6. The summed E-state index contributed by atoms with van der Waals surface area (Å²) in [6.07, 6.45) is 7.27. The van der Waals surface area contributed by atoms with Crippen LogP contribution in [0.3, 0.4) is 0 Å². The van der Waals surface area contributed by atoms with E-state index in [9.17, 15) is 47.5 Å².